The van der Waals surface area contributed by atoms with Crippen LogP contribution in [0.4, 0.5) is 0 Å². The number of hydrogen-bond donors (Lipinski definition) is 1. The zero-order valence-corrected chi connectivity index (χ0v) is 12.7. The average molecular weight is 283 g/mol. The van der Waals surface area contributed by atoms with Gasteiger partial charge in [-0.2, -0.15) is 0 Å². The van der Waals surface area contributed by atoms with Gasteiger partial charge in [-0.05, 0) is 38.6 Å². The molecular weight excluding hydrogens is 254 g/mol. The third-order valence-electron chi connectivity index (χ3n) is 4.63. The fraction of sp³-hybridized carbons (Fsp3) is 0.938. The molecule has 20 heavy (non-hydrogen) atoms. The van der Waals surface area contributed by atoms with Gasteiger partial charge < -0.3 is 9.84 Å². The quantitative estimate of drug-likeness (QED) is 0.692. The van der Waals surface area contributed by atoms with Crippen LogP contribution in [-0.2, 0) is 9.53 Å². The number of likely N-dealkylation sites (tertiary alicyclic amines) is 1. The summed E-state index contributed by atoms with van der Waals surface area (Å²) in [5.41, 5.74) is 0. The first-order valence-corrected chi connectivity index (χ1v) is 8.25. The van der Waals surface area contributed by atoms with Crippen LogP contribution in [-0.4, -0.2) is 54.2 Å². The fourth-order valence-electron chi connectivity index (χ4n) is 3.57. The van der Waals surface area contributed by atoms with Crippen LogP contribution in [0.15, 0.2) is 0 Å². The number of rotatable bonds is 8. The Bertz CT molecular complexity index is 308. The molecule has 0 aromatic rings. The van der Waals surface area contributed by atoms with E-state index in [1.54, 1.807) is 0 Å². The minimum absolute atomic E-state index is 0.228. The molecule has 2 aliphatic rings. The van der Waals surface area contributed by atoms with Gasteiger partial charge in [0.05, 0.1) is 12.7 Å². The number of carbonyl (C=O) groups excluding carboxylic acids is 1. The van der Waals surface area contributed by atoms with Crippen molar-refractivity contribution < 1.29 is 14.6 Å². The van der Waals surface area contributed by atoms with Crippen LogP contribution in [0.2, 0.25) is 0 Å². The lowest BCUT2D eigenvalue weighted by molar-refractivity contribution is -0.122. The smallest absolute Gasteiger partial charge is 0.137 e. The molecule has 0 aromatic carbocycles. The summed E-state index contributed by atoms with van der Waals surface area (Å²) in [7, 11) is 0. The van der Waals surface area contributed by atoms with Crippen molar-refractivity contribution in [3.8, 4) is 0 Å². The molecule has 1 saturated heterocycles. The van der Waals surface area contributed by atoms with Crippen molar-refractivity contribution in [2.45, 2.75) is 64.0 Å². The predicted octanol–water partition coefficient (Wildman–Crippen LogP) is 2.00. The van der Waals surface area contributed by atoms with E-state index in [0.29, 0.717) is 25.0 Å². The maximum Gasteiger partial charge on any atom is 0.137 e. The first-order valence-electron chi connectivity index (χ1n) is 8.25. The van der Waals surface area contributed by atoms with Crippen LogP contribution in [0.5, 0.6) is 0 Å². The van der Waals surface area contributed by atoms with E-state index in [0.717, 1.165) is 58.1 Å². The van der Waals surface area contributed by atoms with E-state index >= 15 is 0 Å². The Morgan fingerprint density at radius 3 is 2.95 bits per heavy atom. The number of aliphatic hydroxyl groups excluding tert-OH is 1. The minimum atomic E-state index is -0.427. The van der Waals surface area contributed by atoms with Gasteiger partial charge in [0.2, 0.25) is 0 Å². The molecule has 0 aromatic heterocycles. The van der Waals surface area contributed by atoms with Crippen LogP contribution >= 0.6 is 0 Å². The van der Waals surface area contributed by atoms with Crippen molar-refractivity contribution >= 4 is 5.78 Å². The third-order valence-corrected chi connectivity index (χ3v) is 4.63. The minimum Gasteiger partial charge on any atom is -0.389 e. The van der Waals surface area contributed by atoms with Crippen molar-refractivity contribution in [2.75, 3.05) is 26.3 Å². The van der Waals surface area contributed by atoms with E-state index < -0.39 is 6.10 Å². The van der Waals surface area contributed by atoms with E-state index in [1.165, 1.54) is 0 Å². The molecule has 1 saturated carbocycles. The van der Waals surface area contributed by atoms with Crippen molar-refractivity contribution in [3.63, 3.8) is 0 Å². The number of Topliss-reactive ketones (excluding diaryl/α,β-unsaturated/α-hetero) is 1. The lowest BCUT2D eigenvalue weighted by atomic mass is 9.95. The molecule has 1 aliphatic carbocycles. The lowest BCUT2D eigenvalue weighted by Gasteiger charge is -2.30. The zero-order valence-electron chi connectivity index (χ0n) is 12.7. The Morgan fingerprint density at radius 2 is 2.25 bits per heavy atom. The highest BCUT2D eigenvalue weighted by atomic mass is 16.5. The molecule has 0 spiro atoms. The van der Waals surface area contributed by atoms with Gasteiger partial charge in [-0.25, -0.2) is 0 Å². The Kier molecular flexibility index (Phi) is 6.46. The number of ether oxygens (including phenoxy) is 1. The highest BCUT2D eigenvalue weighted by molar-refractivity contribution is 5.83. The van der Waals surface area contributed by atoms with Gasteiger partial charge in [0.15, 0.2) is 0 Å². The van der Waals surface area contributed by atoms with Gasteiger partial charge in [-0.1, -0.05) is 13.3 Å². The number of β-amino-alcohol motifs (C(OH)–C–C–N with tert-alkyl or cyclic N) is 1. The number of nitrogens with zero attached hydrogens (tertiary/aromatic N) is 1. The number of ketones is 1. The molecule has 2 fully saturated rings. The molecule has 116 valence electrons. The Balaban J connectivity index is 1.74. The van der Waals surface area contributed by atoms with Crippen LogP contribution in [0.1, 0.15) is 51.9 Å². The summed E-state index contributed by atoms with van der Waals surface area (Å²) in [6, 6.07) is 0.371. The second kappa shape index (κ2) is 8.11. The standard InChI is InChI=1S/C16H29NO3/c1-2-3-10-20-12-13(18)11-17-9-5-7-15(17)14-6-4-8-16(14)19/h13-15,18H,2-12H2,1H3. The van der Waals surface area contributed by atoms with Crippen LogP contribution in [0.3, 0.4) is 0 Å². The molecule has 4 nitrogen and oxygen atoms in total. The second-order valence-corrected chi connectivity index (χ2v) is 6.25. The summed E-state index contributed by atoms with van der Waals surface area (Å²) in [6.45, 7) is 4.95. The van der Waals surface area contributed by atoms with Gasteiger partial charge >= 0.3 is 0 Å². The van der Waals surface area contributed by atoms with Gasteiger partial charge in [0, 0.05) is 31.5 Å². The molecule has 0 amide bonds. The highest BCUT2D eigenvalue weighted by Gasteiger charge is 2.38. The summed E-state index contributed by atoms with van der Waals surface area (Å²) in [6.07, 6.45) is 6.86. The van der Waals surface area contributed by atoms with Crippen molar-refractivity contribution in [1.82, 2.24) is 4.90 Å². The van der Waals surface area contributed by atoms with E-state index in [4.69, 9.17) is 4.74 Å². The van der Waals surface area contributed by atoms with Crippen LogP contribution in [0.25, 0.3) is 0 Å². The molecule has 0 bridgehead atoms. The van der Waals surface area contributed by atoms with Crippen molar-refractivity contribution in [3.05, 3.63) is 0 Å². The predicted molar refractivity (Wildman–Crippen MR) is 78.7 cm³/mol. The van der Waals surface area contributed by atoms with Crippen molar-refractivity contribution in [2.24, 2.45) is 5.92 Å². The fourth-order valence-corrected chi connectivity index (χ4v) is 3.57. The number of aliphatic hydroxyl groups is 1. The molecular formula is C16H29NO3. The molecule has 3 unspecified atom stereocenters. The molecule has 1 N–H and O–H groups in total. The van der Waals surface area contributed by atoms with Gasteiger partial charge in [0.25, 0.3) is 0 Å². The Hall–Kier alpha value is -0.450. The molecule has 4 heteroatoms. The van der Waals surface area contributed by atoms with E-state index in [1.807, 2.05) is 0 Å². The Morgan fingerprint density at radius 1 is 1.40 bits per heavy atom. The molecule has 1 aliphatic heterocycles. The van der Waals surface area contributed by atoms with Crippen LogP contribution in [0, 0.1) is 5.92 Å². The maximum atomic E-state index is 11.9. The van der Waals surface area contributed by atoms with Crippen molar-refractivity contribution in [1.29, 1.82) is 0 Å². The van der Waals surface area contributed by atoms with E-state index in [9.17, 15) is 9.90 Å². The number of unbranched alkanes of at least 4 members (excludes halogenated alkanes) is 1. The van der Waals surface area contributed by atoms with E-state index in [2.05, 4.69) is 11.8 Å². The molecule has 1 heterocycles. The second-order valence-electron chi connectivity index (χ2n) is 6.25. The van der Waals surface area contributed by atoms with Gasteiger partial charge in [-0.3, -0.25) is 9.69 Å². The summed E-state index contributed by atoms with van der Waals surface area (Å²) in [4.78, 5) is 14.2. The topological polar surface area (TPSA) is 49.8 Å². The summed E-state index contributed by atoms with van der Waals surface area (Å²) >= 11 is 0. The first-order chi connectivity index (χ1) is 9.72. The maximum absolute atomic E-state index is 11.9. The Labute approximate surface area is 122 Å². The molecule has 3 atom stereocenters. The van der Waals surface area contributed by atoms with E-state index in [-0.39, 0.29) is 5.92 Å². The zero-order chi connectivity index (χ0) is 14.4. The number of hydrogen-bond acceptors (Lipinski definition) is 4. The molecule has 2 rings (SSSR count). The summed E-state index contributed by atoms with van der Waals surface area (Å²) < 4.78 is 5.48. The van der Waals surface area contributed by atoms with Crippen LogP contribution < -0.4 is 0 Å². The number of carbonyl (C=O) groups is 1. The summed E-state index contributed by atoms with van der Waals surface area (Å²) in [5.74, 6) is 0.668. The first kappa shape index (κ1) is 15.9. The third kappa shape index (κ3) is 4.27. The lowest BCUT2D eigenvalue weighted by Crippen LogP contribution is -2.42. The monoisotopic (exact) mass is 283 g/mol. The highest BCUT2D eigenvalue weighted by Crippen LogP contribution is 2.33. The normalized spacial score (nSPS) is 29.2. The SMILES string of the molecule is CCCCOCC(O)CN1CCCC1C1CCCC1=O. The van der Waals surface area contributed by atoms with Gasteiger partial charge in [0.1, 0.15) is 5.78 Å². The summed E-state index contributed by atoms with van der Waals surface area (Å²) in [5, 5.41) is 10.1. The largest absolute Gasteiger partial charge is 0.389 e. The van der Waals surface area contributed by atoms with Gasteiger partial charge in [-0.15, -0.1) is 0 Å². The average Bonchev–Trinajstić information content (AvgIpc) is 3.03. The molecule has 0 radical (unpaired) electrons.